The molecule has 1 fully saturated rings. The van der Waals surface area contributed by atoms with Crippen LogP contribution in [0.25, 0.3) is 0 Å². The minimum Gasteiger partial charge on any atom is -0.481 e. The third-order valence-electron chi connectivity index (χ3n) is 3.56. The molecule has 0 amide bonds. The lowest BCUT2D eigenvalue weighted by Crippen LogP contribution is -2.32. The van der Waals surface area contributed by atoms with Gasteiger partial charge in [0, 0.05) is 23.3 Å². The van der Waals surface area contributed by atoms with Gasteiger partial charge >= 0.3 is 5.97 Å². The Kier molecular flexibility index (Phi) is 3.29. The van der Waals surface area contributed by atoms with Crippen molar-refractivity contribution in [2.45, 2.75) is 26.3 Å². The van der Waals surface area contributed by atoms with Gasteiger partial charge in [-0.25, -0.2) is 0 Å². The van der Waals surface area contributed by atoms with E-state index in [9.17, 15) is 4.79 Å². The molecule has 0 aromatic heterocycles. The molecule has 0 spiro atoms. The molecule has 2 rings (SSSR count). The van der Waals surface area contributed by atoms with Crippen molar-refractivity contribution in [1.82, 2.24) is 0 Å². The second kappa shape index (κ2) is 4.57. The third kappa shape index (κ3) is 2.25. The van der Waals surface area contributed by atoms with Crippen LogP contribution in [0.5, 0.6) is 0 Å². The molecule has 17 heavy (non-hydrogen) atoms. The molecule has 1 aromatic carbocycles. The zero-order chi connectivity index (χ0) is 12.6. The second-order valence-corrected chi connectivity index (χ2v) is 5.01. The number of anilines is 1. The molecule has 0 bridgehead atoms. The fraction of sp³-hybridized carbons (Fsp3) is 0.462. The smallest absolute Gasteiger partial charge is 0.308 e. The molecule has 1 aliphatic rings. The van der Waals surface area contributed by atoms with E-state index in [2.05, 4.69) is 4.90 Å². The summed E-state index contributed by atoms with van der Waals surface area (Å²) in [6.07, 6.45) is 0.696. The van der Waals surface area contributed by atoms with Gasteiger partial charge in [0.2, 0.25) is 0 Å². The highest BCUT2D eigenvalue weighted by molar-refractivity contribution is 6.31. The van der Waals surface area contributed by atoms with Gasteiger partial charge in [-0.3, -0.25) is 4.79 Å². The number of nitrogens with zero attached hydrogens (tertiary/aromatic N) is 1. The second-order valence-electron chi connectivity index (χ2n) is 4.60. The van der Waals surface area contributed by atoms with Gasteiger partial charge in [0.05, 0.1) is 5.92 Å². The van der Waals surface area contributed by atoms with Crippen LogP contribution in [0.4, 0.5) is 5.69 Å². The molecular weight excluding hydrogens is 238 g/mol. The van der Waals surface area contributed by atoms with Crippen molar-refractivity contribution in [2.75, 3.05) is 11.4 Å². The number of hydrogen-bond acceptors (Lipinski definition) is 2. The Morgan fingerprint density at radius 3 is 2.76 bits per heavy atom. The molecule has 0 radical (unpaired) electrons. The zero-order valence-corrected chi connectivity index (χ0v) is 10.7. The van der Waals surface area contributed by atoms with Crippen LogP contribution < -0.4 is 4.90 Å². The van der Waals surface area contributed by atoms with Gasteiger partial charge in [-0.05, 0) is 38.0 Å². The highest BCUT2D eigenvalue weighted by atomic mass is 35.5. The van der Waals surface area contributed by atoms with Gasteiger partial charge in [-0.1, -0.05) is 17.7 Å². The van der Waals surface area contributed by atoms with Crippen LogP contribution in [-0.4, -0.2) is 23.7 Å². The first-order valence-electron chi connectivity index (χ1n) is 5.76. The van der Waals surface area contributed by atoms with E-state index in [0.29, 0.717) is 6.42 Å². The minimum atomic E-state index is -0.710. The largest absolute Gasteiger partial charge is 0.481 e. The van der Waals surface area contributed by atoms with Crippen molar-refractivity contribution in [1.29, 1.82) is 0 Å². The van der Waals surface area contributed by atoms with E-state index in [1.54, 1.807) is 0 Å². The van der Waals surface area contributed by atoms with Crippen molar-refractivity contribution >= 4 is 23.3 Å². The van der Waals surface area contributed by atoms with Gasteiger partial charge in [-0.2, -0.15) is 0 Å². The number of rotatable bonds is 2. The Balaban J connectivity index is 2.24. The summed E-state index contributed by atoms with van der Waals surface area (Å²) in [6.45, 7) is 4.69. The van der Waals surface area contributed by atoms with Gasteiger partial charge < -0.3 is 10.0 Å². The van der Waals surface area contributed by atoms with Crippen LogP contribution in [0.15, 0.2) is 18.2 Å². The van der Waals surface area contributed by atoms with Crippen LogP contribution in [-0.2, 0) is 4.79 Å². The fourth-order valence-electron chi connectivity index (χ4n) is 2.39. The maximum Gasteiger partial charge on any atom is 0.308 e. The Bertz CT molecular complexity index is 447. The number of carbonyl (C=O) groups is 1. The number of carboxylic acid groups (broad SMARTS) is 1. The molecular formula is C13H16ClNO2. The molecule has 2 unspecified atom stereocenters. The van der Waals surface area contributed by atoms with Crippen LogP contribution >= 0.6 is 11.6 Å². The quantitative estimate of drug-likeness (QED) is 0.881. The highest BCUT2D eigenvalue weighted by Gasteiger charge is 2.35. The zero-order valence-electron chi connectivity index (χ0n) is 9.98. The molecule has 1 heterocycles. The predicted molar refractivity (Wildman–Crippen MR) is 68.7 cm³/mol. The van der Waals surface area contributed by atoms with E-state index in [1.165, 1.54) is 0 Å². The average molecular weight is 254 g/mol. The minimum absolute atomic E-state index is 0.0197. The molecule has 1 aromatic rings. The van der Waals surface area contributed by atoms with Crippen LogP contribution in [0.2, 0.25) is 5.02 Å². The molecule has 4 heteroatoms. The van der Waals surface area contributed by atoms with Gasteiger partial charge in [0.25, 0.3) is 0 Å². The van der Waals surface area contributed by atoms with Crippen LogP contribution in [0.3, 0.4) is 0 Å². The van der Waals surface area contributed by atoms with Gasteiger partial charge in [0.15, 0.2) is 0 Å². The van der Waals surface area contributed by atoms with Crippen LogP contribution in [0.1, 0.15) is 18.9 Å². The number of aryl methyl sites for hydroxylation is 1. The summed E-state index contributed by atoms with van der Waals surface area (Å²) in [4.78, 5) is 13.2. The van der Waals surface area contributed by atoms with Crippen molar-refractivity contribution < 1.29 is 9.90 Å². The van der Waals surface area contributed by atoms with E-state index < -0.39 is 5.97 Å². The molecule has 1 saturated heterocycles. The number of carboxylic acids is 1. The maximum atomic E-state index is 11.1. The van der Waals surface area contributed by atoms with E-state index in [0.717, 1.165) is 22.8 Å². The first kappa shape index (κ1) is 12.2. The lowest BCUT2D eigenvalue weighted by Gasteiger charge is -2.25. The molecule has 1 aliphatic heterocycles. The summed E-state index contributed by atoms with van der Waals surface area (Å²) < 4.78 is 0. The summed E-state index contributed by atoms with van der Waals surface area (Å²) in [6, 6.07) is 5.91. The Morgan fingerprint density at radius 1 is 1.53 bits per heavy atom. The van der Waals surface area contributed by atoms with Crippen LogP contribution in [0, 0.1) is 12.8 Å². The van der Waals surface area contributed by atoms with Crippen molar-refractivity contribution in [3.05, 3.63) is 28.8 Å². The number of hydrogen-bond donors (Lipinski definition) is 1. The summed E-state index contributed by atoms with van der Waals surface area (Å²) in [5.74, 6) is -0.992. The number of aliphatic carboxylic acids is 1. The first-order valence-corrected chi connectivity index (χ1v) is 6.14. The van der Waals surface area contributed by atoms with E-state index in [4.69, 9.17) is 16.7 Å². The maximum absolute atomic E-state index is 11.1. The number of halogens is 1. The standard InChI is InChI=1S/C13H16ClNO2/c1-8-3-4-10(7-12(8)14)15-6-5-11(9(15)2)13(16)17/h3-4,7,9,11H,5-6H2,1-2H3,(H,16,17). The SMILES string of the molecule is Cc1ccc(N2CCC(C(=O)O)C2C)cc1Cl. The predicted octanol–water partition coefficient (Wildman–Crippen LogP) is 2.95. The highest BCUT2D eigenvalue weighted by Crippen LogP contribution is 2.32. The first-order chi connectivity index (χ1) is 8.00. The molecule has 1 N–H and O–H groups in total. The molecule has 2 atom stereocenters. The summed E-state index contributed by atoms with van der Waals surface area (Å²) >= 11 is 6.10. The lowest BCUT2D eigenvalue weighted by molar-refractivity contribution is -0.141. The Hall–Kier alpha value is -1.22. The van der Waals surface area contributed by atoms with E-state index in [-0.39, 0.29) is 12.0 Å². The van der Waals surface area contributed by atoms with E-state index in [1.807, 2.05) is 32.0 Å². The Morgan fingerprint density at radius 2 is 2.24 bits per heavy atom. The van der Waals surface area contributed by atoms with Gasteiger partial charge in [-0.15, -0.1) is 0 Å². The molecule has 92 valence electrons. The molecule has 0 aliphatic carbocycles. The average Bonchev–Trinajstić information content (AvgIpc) is 2.64. The fourth-order valence-corrected chi connectivity index (χ4v) is 2.57. The summed E-state index contributed by atoms with van der Waals surface area (Å²) in [5.41, 5.74) is 2.05. The van der Waals surface area contributed by atoms with Gasteiger partial charge in [0.1, 0.15) is 0 Å². The van der Waals surface area contributed by atoms with Crippen molar-refractivity contribution in [3.63, 3.8) is 0 Å². The lowest BCUT2D eigenvalue weighted by atomic mass is 10.0. The normalized spacial score (nSPS) is 24.1. The van der Waals surface area contributed by atoms with E-state index >= 15 is 0 Å². The monoisotopic (exact) mass is 253 g/mol. The van der Waals surface area contributed by atoms with Crippen molar-refractivity contribution in [2.24, 2.45) is 5.92 Å². The topological polar surface area (TPSA) is 40.5 Å². The summed E-state index contributed by atoms with van der Waals surface area (Å²) in [7, 11) is 0. The molecule has 3 nitrogen and oxygen atoms in total. The molecule has 0 saturated carbocycles. The Labute approximate surface area is 106 Å². The van der Waals surface area contributed by atoms with Crippen molar-refractivity contribution in [3.8, 4) is 0 Å². The third-order valence-corrected chi connectivity index (χ3v) is 3.97. The summed E-state index contributed by atoms with van der Waals surface area (Å²) in [5, 5.41) is 9.82. The number of benzene rings is 1.